The van der Waals surface area contributed by atoms with E-state index in [-0.39, 0.29) is 12.4 Å². The molecule has 4 nitrogen and oxygen atoms in total. The Balaban J connectivity index is 2.99. The standard InChI is InChI=1S/C12H15NO3S/c1-2-10-17(15,16)13-12-8-4-3-6-11(12)7-5-9-14/h3-4,6,8,13-14H,2,9-10H2,1H3. The van der Waals surface area contributed by atoms with Gasteiger partial charge in [-0.05, 0) is 18.6 Å². The fraction of sp³-hybridized carbons (Fsp3) is 0.333. The first kappa shape index (κ1) is 13.6. The zero-order valence-corrected chi connectivity index (χ0v) is 10.4. The van der Waals surface area contributed by atoms with Crippen LogP contribution in [0.4, 0.5) is 5.69 Å². The minimum atomic E-state index is -3.31. The van der Waals surface area contributed by atoms with E-state index < -0.39 is 10.0 Å². The Hall–Kier alpha value is -1.51. The van der Waals surface area contributed by atoms with E-state index in [0.29, 0.717) is 17.7 Å². The number of rotatable bonds is 4. The molecule has 0 radical (unpaired) electrons. The Kier molecular flexibility index (Phi) is 5.01. The van der Waals surface area contributed by atoms with Gasteiger partial charge < -0.3 is 5.11 Å². The molecule has 92 valence electrons. The second kappa shape index (κ2) is 6.28. The summed E-state index contributed by atoms with van der Waals surface area (Å²) in [4.78, 5) is 0. The van der Waals surface area contributed by atoms with Crippen molar-refractivity contribution in [3.8, 4) is 11.8 Å². The summed E-state index contributed by atoms with van der Waals surface area (Å²) in [7, 11) is -3.31. The molecule has 1 rings (SSSR count). The van der Waals surface area contributed by atoms with Crippen LogP contribution in [-0.2, 0) is 10.0 Å². The van der Waals surface area contributed by atoms with E-state index in [1.54, 1.807) is 31.2 Å². The second-order valence-electron chi connectivity index (χ2n) is 3.43. The lowest BCUT2D eigenvalue weighted by molar-refractivity contribution is 0.350. The van der Waals surface area contributed by atoms with Crippen molar-refractivity contribution in [2.24, 2.45) is 0 Å². The van der Waals surface area contributed by atoms with Crippen LogP contribution in [-0.4, -0.2) is 25.9 Å². The molecule has 0 saturated heterocycles. The molecule has 0 bridgehead atoms. The quantitative estimate of drug-likeness (QED) is 0.792. The van der Waals surface area contributed by atoms with Crippen molar-refractivity contribution in [2.45, 2.75) is 13.3 Å². The predicted octanol–water partition coefficient (Wildman–Crippen LogP) is 1.18. The van der Waals surface area contributed by atoms with E-state index in [9.17, 15) is 8.42 Å². The molecule has 17 heavy (non-hydrogen) atoms. The number of aliphatic hydroxyl groups excluding tert-OH is 1. The van der Waals surface area contributed by atoms with Crippen molar-refractivity contribution >= 4 is 15.7 Å². The number of para-hydroxylation sites is 1. The maximum absolute atomic E-state index is 11.6. The fourth-order valence-electron chi connectivity index (χ4n) is 1.30. The molecule has 0 fully saturated rings. The molecular formula is C12H15NO3S. The number of hydrogen-bond acceptors (Lipinski definition) is 3. The molecule has 5 heteroatoms. The van der Waals surface area contributed by atoms with Crippen molar-refractivity contribution in [1.29, 1.82) is 0 Å². The van der Waals surface area contributed by atoms with Gasteiger partial charge in [0.15, 0.2) is 0 Å². The summed E-state index contributed by atoms with van der Waals surface area (Å²) in [5, 5.41) is 8.62. The molecule has 0 spiro atoms. The minimum absolute atomic E-state index is 0.0781. The SMILES string of the molecule is CCCS(=O)(=O)Nc1ccccc1C#CCO. The number of aliphatic hydroxyl groups is 1. The highest BCUT2D eigenvalue weighted by Crippen LogP contribution is 2.15. The van der Waals surface area contributed by atoms with Crippen LogP contribution in [0.5, 0.6) is 0 Å². The first-order chi connectivity index (χ1) is 8.09. The maximum Gasteiger partial charge on any atom is 0.232 e. The molecule has 1 aromatic rings. The lowest BCUT2D eigenvalue weighted by atomic mass is 10.2. The van der Waals surface area contributed by atoms with Gasteiger partial charge in [0.1, 0.15) is 6.61 Å². The van der Waals surface area contributed by atoms with Gasteiger partial charge in [0.2, 0.25) is 10.0 Å². The number of anilines is 1. The monoisotopic (exact) mass is 253 g/mol. The van der Waals surface area contributed by atoms with Crippen LogP contribution in [0.3, 0.4) is 0 Å². The highest BCUT2D eigenvalue weighted by molar-refractivity contribution is 7.92. The molecule has 0 heterocycles. The minimum Gasteiger partial charge on any atom is -0.384 e. The molecule has 0 saturated carbocycles. The summed E-state index contributed by atoms with van der Waals surface area (Å²) in [6.45, 7) is 1.55. The topological polar surface area (TPSA) is 66.4 Å². The van der Waals surface area contributed by atoms with Crippen LogP contribution in [0.15, 0.2) is 24.3 Å². The fourth-order valence-corrected chi connectivity index (χ4v) is 2.46. The van der Waals surface area contributed by atoms with Crippen molar-refractivity contribution in [1.82, 2.24) is 0 Å². The van der Waals surface area contributed by atoms with Crippen LogP contribution < -0.4 is 4.72 Å². The Labute approximate surface area is 102 Å². The molecule has 0 amide bonds. The van der Waals surface area contributed by atoms with Gasteiger partial charge >= 0.3 is 0 Å². The Bertz CT molecular complexity index is 526. The van der Waals surface area contributed by atoms with E-state index in [1.807, 2.05) is 0 Å². The highest BCUT2D eigenvalue weighted by atomic mass is 32.2. The van der Waals surface area contributed by atoms with Gasteiger partial charge in [0.05, 0.1) is 11.4 Å². The second-order valence-corrected chi connectivity index (χ2v) is 5.27. The van der Waals surface area contributed by atoms with Crippen LogP contribution in [0.2, 0.25) is 0 Å². The lowest BCUT2D eigenvalue weighted by Gasteiger charge is -2.08. The Morgan fingerprint density at radius 3 is 2.71 bits per heavy atom. The molecule has 0 aliphatic heterocycles. The third kappa shape index (κ3) is 4.47. The van der Waals surface area contributed by atoms with Crippen molar-refractivity contribution < 1.29 is 13.5 Å². The number of hydrogen-bond donors (Lipinski definition) is 2. The average Bonchev–Trinajstić information content (AvgIpc) is 2.27. The summed E-state index contributed by atoms with van der Waals surface area (Å²) in [6, 6.07) is 6.84. The third-order valence-corrected chi connectivity index (χ3v) is 3.44. The van der Waals surface area contributed by atoms with Crippen LogP contribution in [0.1, 0.15) is 18.9 Å². The highest BCUT2D eigenvalue weighted by Gasteiger charge is 2.10. The normalized spacial score (nSPS) is 10.5. The Morgan fingerprint density at radius 1 is 1.35 bits per heavy atom. The molecule has 0 atom stereocenters. The van der Waals surface area contributed by atoms with Crippen molar-refractivity contribution in [2.75, 3.05) is 17.1 Å². The van der Waals surface area contributed by atoms with Crippen LogP contribution >= 0.6 is 0 Å². The van der Waals surface area contributed by atoms with Crippen LogP contribution in [0, 0.1) is 11.8 Å². The van der Waals surface area contributed by atoms with E-state index in [2.05, 4.69) is 16.6 Å². The van der Waals surface area contributed by atoms with E-state index in [1.165, 1.54) is 0 Å². The molecule has 0 aliphatic rings. The molecule has 2 N–H and O–H groups in total. The molecule has 0 aromatic heterocycles. The van der Waals surface area contributed by atoms with E-state index in [4.69, 9.17) is 5.11 Å². The molecule has 0 unspecified atom stereocenters. The van der Waals surface area contributed by atoms with Gasteiger partial charge in [-0.15, -0.1) is 0 Å². The summed E-state index contributed by atoms with van der Waals surface area (Å²) >= 11 is 0. The van der Waals surface area contributed by atoms with Gasteiger partial charge in [-0.1, -0.05) is 30.9 Å². The van der Waals surface area contributed by atoms with Gasteiger partial charge in [-0.25, -0.2) is 8.42 Å². The summed E-state index contributed by atoms with van der Waals surface area (Å²) in [5.41, 5.74) is 1.00. The summed E-state index contributed by atoms with van der Waals surface area (Å²) in [6.07, 6.45) is 0.555. The lowest BCUT2D eigenvalue weighted by Crippen LogP contribution is -2.16. The predicted molar refractivity (Wildman–Crippen MR) is 68.1 cm³/mol. The summed E-state index contributed by atoms with van der Waals surface area (Å²) < 4.78 is 25.7. The van der Waals surface area contributed by atoms with Gasteiger partial charge in [0, 0.05) is 5.56 Å². The first-order valence-electron chi connectivity index (χ1n) is 5.28. The zero-order valence-electron chi connectivity index (χ0n) is 9.60. The number of nitrogens with one attached hydrogen (secondary N) is 1. The average molecular weight is 253 g/mol. The smallest absolute Gasteiger partial charge is 0.232 e. The van der Waals surface area contributed by atoms with Gasteiger partial charge in [-0.2, -0.15) is 0 Å². The third-order valence-electron chi connectivity index (χ3n) is 1.97. The molecular weight excluding hydrogens is 238 g/mol. The van der Waals surface area contributed by atoms with Crippen LogP contribution in [0.25, 0.3) is 0 Å². The van der Waals surface area contributed by atoms with E-state index >= 15 is 0 Å². The molecule has 1 aromatic carbocycles. The number of sulfonamides is 1. The summed E-state index contributed by atoms with van der Waals surface area (Å²) in [5.74, 6) is 5.27. The van der Waals surface area contributed by atoms with Gasteiger partial charge in [0.25, 0.3) is 0 Å². The largest absolute Gasteiger partial charge is 0.384 e. The first-order valence-corrected chi connectivity index (χ1v) is 6.93. The van der Waals surface area contributed by atoms with Gasteiger partial charge in [-0.3, -0.25) is 4.72 Å². The number of benzene rings is 1. The van der Waals surface area contributed by atoms with Crippen molar-refractivity contribution in [3.05, 3.63) is 29.8 Å². The Morgan fingerprint density at radius 2 is 2.06 bits per heavy atom. The molecule has 0 aliphatic carbocycles. The van der Waals surface area contributed by atoms with Crippen molar-refractivity contribution in [3.63, 3.8) is 0 Å². The zero-order chi connectivity index (χ0) is 12.7. The maximum atomic E-state index is 11.6. The van der Waals surface area contributed by atoms with E-state index in [0.717, 1.165) is 0 Å².